The van der Waals surface area contributed by atoms with Gasteiger partial charge in [-0.15, -0.1) is 0 Å². The SMILES string of the molecule is C=C1CC[C@H](C(=O)O)C1.CC(C)(C)N. The van der Waals surface area contributed by atoms with E-state index in [1.165, 1.54) is 0 Å². The van der Waals surface area contributed by atoms with Gasteiger partial charge in [0.15, 0.2) is 0 Å². The van der Waals surface area contributed by atoms with Crippen LogP contribution in [0.5, 0.6) is 0 Å². The Kier molecular flexibility index (Phi) is 4.85. The van der Waals surface area contributed by atoms with Gasteiger partial charge in [-0.3, -0.25) is 4.79 Å². The van der Waals surface area contributed by atoms with E-state index in [2.05, 4.69) is 6.58 Å². The molecule has 0 aromatic rings. The molecule has 0 radical (unpaired) electrons. The van der Waals surface area contributed by atoms with Gasteiger partial charge in [-0.05, 0) is 40.0 Å². The van der Waals surface area contributed by atoms with Crippen molar-refractivity contribution >= 4 is 5.97 Å². The van der Waals surface area contributed by atoms with Crippen molar-refractivity contribution in [3.05, 3.63) is 12.2 Å². The van der Waals surface area contributed by atoms with Crippen LogP contribution in [0.25, 0.3) is 0 Å². The van der Waals surface area contributed by atoms with Gasteiger partial charge >= 0.3 is 5.97 Å². The average molecular weight is 199 g/mol. The normalized spacial score (nSPS) is 21.4. The summed E-state index contributed by atoms with van der Waals surface area (Å²) in [4.78, 5) is 10.3. The van der Waals surface area contributed by atoms with Crippen molar-refractivity contribution in [2.75, 3.05) is 0 Å². The smallest absolute Gasteiger partial charge is 0.306 e. The number of carboxylic acids is 1. The van der Waals surface area contributed by atoms with Gasteiger partial charge in [0.05, 0.1) is 5.92 Å². The minimum absolute atomic E-state index is 0. The van der Waals surface area contributed by atoms with Gasteiger partial charge in [0.2, 0.25) is 0 Å². The molecule has 3 heteroatoms. The first-order chi connectivity index (χ1) is 6.20. The molecule has 0 amide bonds. The molecule has 0 aromatic carbocycles. The fourth-order valence-electron chi connectivity index (χ4n) is 1.14. The third kappa shape index (κ3) is 7.80. The molecule has 0 unspecified atom stereocenters. The Morgan fingerprint density at radius 1 is 1.57 bits per heavy atom. The molecule has 0 spiro atoms. The molecule has 0 aromatic heterocycles. The fourth-order valence-corrected chi connectivity index (χ4v) is 1.14. The minimum Gasteiger partial charge on any atom is -0.481 e. The number of carbonyl (C=O) groups is 1. The predicted molar refractivity (Wildman–Crippen MR) is 58.1 cm³/mol. The molecule has 82 valence electrons. The van der Waals surface area contributed by atoms with Crippen LogP contribution in [0.1, 0.15) is 40.0 Å². The van der Waals surface area contributed by atoms with Crippen molar-refractivity contribution in [1.82, 2.24) is 0 Å². The first-order valence-corrected chi connectivity index (χ1v) is 4.88. The number of aliphatic carboxylic acids is 1. The molecular formula is C11H21NO2. The van der Waals surface area contributed by atoms with Crippen molar-refractivity contribution in [2.45, 2.75) is 45.6 Å². The van der Waals surface area contributed by atoms with Crippen molar-refractivity contribution in [3.63, 3.8) is 0 Å². The zero-order valence-electron chi connectivity index (χ0n) is 9.34. The van der Waals surface area contributed by atoms with E-state index in [1.54, 1.807) is 0 Å². The number of hydrogen-bond acceptors (Lipinski definition) is 2. The second-order valence-electron chi connectivity index (χ2n) is 4.89. The van der Waals surface area contributed by atoms with Crippen molar-refractivity contribution in [2.24, 2.45) is 11.7 Å². The van der Waals surface area contributed by atoms with Gasteiger partial charge in [0, 0.05) is 5.54 Å². The Morgan fingerprint density at radius 3 is 2.14 bits per heavy atom. The summed E-state index contributed by atoms with van der Waals surface area (Å²) in [6, 6.07) is 0. The number of hydrogen-bond donors (Lipinski definition) is 2. The molecule has 1 aliphatic carbocycles. The van der Waals surface area contributed by atoms with Gasteiger partial charge in [-0.25, -0.2) is 0 Å². The maximum Gasteiger partial charge on any atom is 0.306 e. The monoisotopic (exact) mass is 199 g/mol. The summed E-state index contributed by atoms with van der Waals surface area (Å²) in [6.45, 7) is 9.62. The van der Waals surface area contributed by atoms with Gasteiger partial charge in [0.1, 0.15) is 0 Å². The van der Waals surface area contributed by atoms with Gasteiger partial charge in [0.25, 0.3) is 0 Å². The van der Waals surface area contributed by atoms with E-state index < -0.39 is 5.97 Å². The van der Waals surface area contributed by atoms with Crippen LogP contribution in [0, 0.1) is 5.92 Å². The highest BCUT2D eigenvalue weighted by atomic mass is 16.4. The van der Waals surface area contributed by atoms with Crippen molar-refractivity contribution < 1.29 is 9.90 Å². The Labute approximate surface area is 86.0 Å². The molecule has 0 bridgehead atoms. The van der Waals surface area contributed by atoms with E-state index in [1.807, 2.05) is 20.8 Å². The summed E-state index contributed by atoms with van der Waals surface area (Å²) in [6.07, 6.45) is 2.38. The first kappa shape index (κ1) is 13.2. The number of carboxylic acid groups (broad SMARTS) is 1. The van der Waals surface area contributed by atoms with Crippen molar-refractivity contribution in [1.29, 1.82) is 0 Å². The highest BCUT2D eigenvalue weighted by Gasteiger charge is 2.23. The largest absolute Gasteiger partial charge is 0.481 e. The van der Waals surface area contributed by atoms with Crippen LogP contribution < -0.4 is 5.73 Å². The molecule has 1 rings (SSSR count). The summed E-state index contributed by atoms with van der Waals surface area (Å²) >= 11 is 0. The van der Waals surface area contributed by atoms with Crippen molar-refractivity contribution in [3.8, 4) is 0 Å². The van der Waals surface area contributed by atoms with Crippen LogP contribution in [0.15, 0.2) is 12.2 Å². The average Bonchev–Trinajstić information content (AvgIpc) is 2.31. The summed E-state index contributed by atoms with van der Waals surface area (Å²) in [5.41, 5.74) is 6.44. The van der Waals surface area contributed by atoms with E-state index in [0.717, 1.165) is 18.4 Å². The minimum atomic E-state index is -0.673. The van der Waals surface area contributed by atoms with E-state index in [-0.39, 0.29) is 11.5 Å². The summed E-state index contributed by atoms with van der Waals surface area (Å²) in [7, 11) is 0. The highest BCUT2D eigenvalue weighted by molar-refractivity contribution is 5.71. The zero-order chi connectivity index (χ0) is 11.4. The third-order valence-electron chi connectivity index (χ3n) is 1.73. The summed E-state index contributed by atoms with van der Waals surface area (Å²) in [5, 5.41) is 8.49. The molecular weight excluding hydrogens is 178 g/mol. The van der Waals surface area contributed by atoms with E-state index in [4.69, 9.17) is 10.8 Å². The third-order valence-corrected chi connectivity index (χ3v) is 1.73. The first-order valence-electron chi connectivity index (χ1n) is 4.88. The highest BCUT2D eigenvalue weighted by Crippen LogP contribution is 2.28. The van der Waals surface area contributed by atoms with E-state index >= 15 is 0 Å². The Morgan fingerprint density at radius 2 is 2.00 bits per heavy atom. The van der Waals surface area contributed by atoms with Gasteiger partial charge < -0.3 is 10.8 Å². The number of allylic oxidation sites excluding steroid dienone is 1. The predicted octanol–water partition coefficient (Wildman–Crippen LogP) is 2.17. The molecule has 1 fully saturated rings. The number of rotatable bonds is 1. The number of nitrogens with two attached hydrogens (primary N) is 1. The zero-order valence-corrected chi connectivity index (χ0v) is 9.34. The maximum absolute atomic E-state index is 10.3. The molecule has 1 saturated carbocycles. The van der Waals surface area contributed by atoms with Gasteiger partial charge in [-0.2, -0.15) is 0 Å². The lowest BCUT2D eigenvalue weighted by Crippen LogP contribution is -2.26. The lowest BCUT2D eigenvalue weighted by Gasteiger charge is -2.06. The second-order valence-corrected chi connectivity index (χ2v) is 4.89. The second kappa shape index (κ2) is 5.15. The maximum atomic E-state index is 10.3. The lowest BCUT2D eigenvalue weighted by atomic mass is 10.1. The van der Waals surface area contributed by atoms with Gasteiger partial charge in [-0.1, -0.05) is 12.2 Å². The summed E-state index contributed by atoms with van der Waals surface area (Å²) < 4.78 is 0. The molecule has 1 atom stereocenters. The van der Waals surface area contributed by atoms with E-state index in [0.29, 0.717) is 6.42 Å². The molecule has 0 saturated heterocycles. The topological polar surface area (TPSA) is 63.3 Å². The Bertz CT molecular complexity index is 210. The van der Waals surface area contributed by atoms with E-state index in [9.17, 15) is 4.79 Å². The quantitative estimate of drug-likeness (QED) is 0.636. The molecule has 14 heavy (non-hydrogen) atoms. The molecule has 0 aliphatic heterocycles. The molecule has 3 N–H and O–H groups in total. The lowest BCUT2D eigenvalue weighted by molar-refractivity contribution is -0.141. The van der Waals surface area contributed by atoms with Crippen LogP contribution in [0.4, 0.5) is 0 Å². The van der Waals surface area contributed by atoms with Crippen LogP contribution in [0.3, 0.4) is 0 Å². The summed E-state index contributed by atoms with van der Waals surface area (Å²) in [5.74, 6) is -0.814. The van der Waals surface area contributed by atoms with Crippen LogP contribution >= 0.6 is 0 Å². The Hall–Kier alpha value is -0.830. The Balaban J connectivity index is 0.000000292. The van der Waals surface area contributed by atoms with Crippen LogP contribution in [-0.4, -0.2) is 16.6 Å². The molecule has 3 nitrogen and oxygen atoms in total. The fraction of sp³-hybridized carbons (Fsp3) is 0.727. The van der Waals surface area contributed by atoms with Crippen LogP contribution in [-0.2, 0) is 4.79 Å². The standard InChI is InChI=1S/C7H10O2.C4H11N/c1-5-2-3-6(4-5)7(8)9;1-4(2,3)5/h6H,1-4H2,(H,8,9);5H2,1-3H3/t6-;/m0./s1. The molecule has 1 aliphatic rings. The van der Waals surface area contributed by atoms with Crippen LogP contribution in [0.2, 0.25) is 0 Å². The molecule has 0 heterocycles.